The smallest absolute Gasteiger partial charge is 0.146 e. The van der Waals surface area contributed by atoms with Crippen molar-refractivity contribution in [3.63, 3.8) is 0 Å². The molecule has 3 nitrogen and oxygen atoms in total. The lowest BCUT2D eigenvalue weighted by molar-refractivity contribution is 0.154. The van der Waals surface area contributed by atoms with E-state index >= 15 is 0 Å². The fraction of sp³-hybridized carbons (Fsp3) is 0.647. The average molecular weight is 291 g/mol. The highest BCUT2D eigenvalue weighted by Gasteiger charge is 2.50. The lowest BCUT2D eigenvalue weighted by Crippen LogP contribution is -2.62. The lowest BCUT2D eigenvalue weighted by atomic mass is 9.83. The van der Waals surface area contributed by atoms with E-state index in [1.165, 1.54) is 25.8 Å². The highest BCUT2D eigenvalue weighted by Crippen LogP contribution is 2.41. The van der Waals surface area contributed by atoms with Crippen LogP contribution in [0.15, 0.2) is 24.3 Å². The van der Waals surface area contributed by atoms with Crippen molar-refractivity contribution in [2.45, 2.75) is 44.2 Å². The van der Waals surface area contributed by atoms with Gasteiger partial charge in [-0.25, -0.2) is 4.39 Å². The Bertz CT molecular complexity index is 493. The van der Waals surface area contributed by atoms with Gasteiger partial charge in [0, 0.05) is 25.7 Å². The van der Waals surface area contributed by atoms with Crippen LogP contribution in [0.5, 0.6) is 0 Å². The van der Waals surface area contributed by atoms with E-state index in [1.807, 2.05) is 12.1 Å². The number of likely N-dealkylation sites (N-methyl/N-ethyl adjacent to an activating group) is 1. The summed E-state index contributed by atoms with van der Waals surface area (Å²) in [6.07, 6.45) is 4.76. The molecule has 0 saturated carbocycles. The van der Waals surface area contributed by atoms with Crippen LogP contribution in [0, 0.1) is 5.82 Å². The summed E-state index contributed by atoms with van der Waals surface area (Å²) in [6.45, 7) is 5.75. The molecule has 2 aliphatic rings. The third kappa shape index (κ3) is 2.34. The maximum atomic E-state index is 14.3. The van der Waals surface area contributed by atoms with Crippen molar-refractivity contribution >= 4 is 5.69 Å². The molecule has 2 fully saturated rings. The molecule has 1 aromatic rings. The van der Waals surface area contributed by atoms with Gasteiger partial charge in [0.25, 0.3) is 0 Å². The Kier molecular flexibility index (Phi) is 4.18. The molecular weight excluding hydrogens is 265 g/mol. The Morgan fingerprint density at radius 1 is 1.33 bits per heavy atom. The molecule has 3 rings (SSSR count). The molecule has 0 aliphatic carbocycles. The molecule has 2 atom stereocenters. The van der Waals surface area contributed by atoms with Crippen molar-refractivity contribution in [2.75, 3.05) is 31.1 Å². The van der Waals surface area contributed by atoms with Gasteiger partial charge < -0.3 is 10.6 Å². The van der Waals surface area contributed by atoms with Gasteiger partial charge in [-0.15, -0.1) is 0 Å². The molecule has 0 spiro atoms. The molecule has 0 radical (unpaired) electrons. The fourth-order valence-electron chi connectivity index (χ4n) is 4.43. The van der Waals surface area contributed by atoms with E-state index in [0.29, 0.717) is 18.3 Å². The first-order valence-corrected chi connectivity index (χ1v) is 8.19. The summed E-state index contributed by atoms with van der Waals surface area (Å²) in [4.78, 5) is 4.80. The highest BCUT2D eigenvalue weighted by molar-refractivity contribution is 5.51. The Morgan fingerprint density at radius 2 is 2.14 bits per heavy atom. The summed E-state index contributed by atoms with van der Waals surface area (Å²) in [5.41, 5.74) is 6.84. The normalized spacial score (nSPS) is 29.4. The van der Waals surface area contributed by atoms with E-state index in [0.717, 1.165) is 19.5 Å². The van der Waals surface area contributed by atoms with E-state index in [9.17, 15) is 4.39 Å². The zero-order valence-electron chi connectivity index (χ0n) is 12.9. The Morgan fingerprint density at radius 3 is 2.86 bits per heavy atom. The van der Waals surface area contributed by atoms with Gasteiger partial charge in [0.2, 0.25) is 0 Å². The number of rotatable bonds is 4. The topological polar surface area (TPSA) is 32.5 Å². The van der Waals surface area contributed by atoms with Crippen LogP contribution in [0.25, 0.3) is 0 Å². The highest BCUT2D eigenvalue weighted by atomic mass is 19.1. The quantitative estimate of drug-likeness (QED) is 0.925. The molecule has 0 aromatic heterocycles. The number of para-hydroxylation sites is 1. The van der Waals surface area contributed by atoms with Crippen molar-refractivity contribution in [1.29, 1.82) is 0 Å². The maximum absolute atomic E-state index is 14.3. The average Bonchev–Trinajstić information content (AvgIpc) is 2.90. The van der Waals surface area contributed by atoms with Gasteiger partial charge in [0.1, 0.15) is 5.82 Å². The number of fused-ring (bicyclic) bond motifs is 1. The molecular formula is C17H26FN3. The minimum atomic E-state index is -0.138. The zero-order valence-corrected chi connectivity index (χ0v) is 12.9. The van der Waals surface area contributed by atoms with Crippen molar-refractivity contribution in [3.8, 4) is 0 Å². The van der Waals surface area contributed by atoms with Crippen LogP contribution >= 0.6 is 0 Å². The summed E-state index contributed by atoms with van der Waals surface area (Å²) in [6, 6.07) is 7.58. The molecule has 1 aromatic carbocycles. The molecule has 4 heteroatoms. The standard InChI is InChI=1S/C17H26FN3/c1-2-21(15-8-4-3-7-14(15)18)17(13-19)10-12-20-11-6-5-9-16(17)20/h3-4,7-8,16H,2,5-6,9-13,19H2,1H3. The van der Waals surface area contributed by atoms with Crippen LogP contribution in [0.2, 0.25) is 0 Å². The van der Waals surface area contributed by atoms with Gasteiger partial charge in [0.15, 0.2) is 0 Å². The summed E-state index contributed by atoms with van der Waals surface area (Å²) in [5, 5.41) is 0. The van der Waals surface area contributed by atoms with Crippen LogP contribution < -0.4 is 10.6 Å². The number of anilines is 1. The molecule has 2 unspecified atom stereocenters. The van der Waals surface area contributed by atoms with E-state index in [1.54, 1.807) is 12.1 Å². The second kappa shape index (κ2) is 5.93. The zero-order chi connectivity index (χ0) is 14.9. The molecule has 21 heavy (non-hydrogen) atoms. The van der Waals surface area contributed by atoms with Crippen molar-refractivity contribution < 1.29 is 4.39 Å². The number of hydrogen-bond acceptors (Lipinski definition) is 3. The predicted molar refractivity (Wildman–Crippen MR) is 85.0 cm³/mol. The number of hydrogen-bond donors (Lipinski definition) is 1. The largest absolute Gasteiger partial charge is 0.361 e. The minimum Gasteiger partial charge on any atom is -0.361 e. The number of piperidine rings is 1. The molecule has 2 heterocycles. The molecule has 116 valence electrons. The Balaban J connectivity index is 1.99. The lowest BCUT2D eigenvalue weighted by Gasteiger charge is -2.48. The fourth-order valence-corrected chi connectivity index (χ4v) is 4.43. The van der Waals surface area contributed by atoms with E-state index in [-0.39, 0.29) is 11.4 Å². The second-order valence-corrected chi connectivity index (χ2v) is 6.30. The molecule has 2 saturated heterocycles. The Hall–Kier alpha value is -1.13. The van der Waals surface area contributed by atoms with Gasteiger partial charge in [-0.1, -0.05) is 18.6 Å². The van der Waals surface area contributed by atoms with Gasteiger partial charge in [-0.05, 0) is 44.9 Å². The second-order valence-electron chi connectivity index (χ2n) is 6.30. The van der Waals surface area contributed by atoms with Crippen LogP contribution in [-0.2, 0) is 0 Å². The first-order chi connectivity index (χ1) is 10.2. The number of benzene rings is 1. The van der Waals surface area contributed by atoms with Crippen molar-refractivity contribution in [1.82, 2.24) is 4.90 Å². The van der Waals surface area contributed by atoms with Gasteiger partial charge >= 0.3 is 0 Å². The summed E-state index contributed by atoms with van der Waals surface area (Å²) in [7, 11) is 0. The molecule has 2 aliphatic heterocycles. The maximum Gasteiger partial charge on any atom is 0.146 e. The van der Waals surface area contributed by atoms with Crippen LogP contribution in [0.1, 0.15) is 32.6 Å². The van der Waals surface area contributed by atoms with Gasteiger partial charge in [-0.3, -0.25) is 4.90 Å². The summed E-state index contributed by atoms with van der Waals surface area (Å²) < 4.78 is 14.3. The van der Waals surface area contributed by atoms with E-state index in [2.05, 4.69) is 16.7 Å². The molecule has 2 N–H and O–H groups in total. The van der Waals surface area contributed by atoms with E-state index < -0.39 is 0 Å². The Labute approximate surface area is 126 Å². The van der Waals surface area contributed by atoms with E-state index in [4.69, 9.17) is 5.73 Å². The summed E-state index contributed by atoms with van der Waals surface area (Å²) >= 11 is 0. The monoisotopic (exact) mass is 291 g/mol. The number of nitrogens with two attached hydrogens (primary N) is 1. The first-order valence-electron chi connectivity index (χ1n) is 8.19. The van der Waals surface area contributed by atoms with Crippen LogP contribution in [-0.4, -0.2) is 42.7 Å². The molecule has 0 bridgehead atoms. The first kappa shape index (κ1) is 14.8. The third-order valence-electron chi connectivity index (χ3n) is 5.42. The van der Waals surface area contributed by atoms with Crippen LogP contribution in [0.3, 0.4) is 0 Å². The van der Waals surface area contributed by atoms with Gasteiger partial charge in [-0.2, -0.15) is 0 Å². The van der Waals surface area contributed by atoms with Crippen LogP contribution in [0.4, 0.5) is 10.1 Å². The number of nitrogens with zero attached hydrogens (tertiary/aromatic N) is 2. The summed E-state index contributed by atoms with van der Waals surface area (Å²) in [5.74, 6) is -0.138. The minimum absolute atomic E-state index is 0.114. The third-order valence-corrected chi connectivity index (χ3v) is 5.42. The number of halogens is 1. The van der Waals surface area contributed by atoms with Crippen molar-refractivity contribution in [2.24, 2.45) is 5.73 Å². The predicted octanol–water partition coefficient (Wildman–Crippen LogP) is 2.61. The van der Waals surface area contributed by atoms with Crippen molar-refractivity contribution in [3.05, 3.63) is 30.1 Å². The van der Waals surface area contributed by atoms with Gasteiger partial charge in [0.05, 0.1) is 11.2 Å². The molecule has 0 amide bonds. The SMILES string of the molecule is CCN(c1ccccc1F)C1(CN)CCN2CCCCC21.